The number of aliphatic hydroxyl groups excluding tert-OH is 3. The van der Waals surface area contributed by atoms with Crippen molar-refractivity contribution in [2.24, 2.45) is 0 Å². The van der Waals surface area contributed by atoms with E-state index in [0.717, 1.165) is 38.5 Å². The fraction of sp³-hybridized carbons (Fsp3) is 0.944. The van der Waals surface area contributed by atoms with Crippen LogP contribution >= 0.6 is 0 Å². The SMILES string of the molecule is [2H]C(CCCCCC)C(=O)OC[C@H]1OC(OCCCC)[C@H](O)[C@@H](O)[C@@H]1O. The third-order valence-corrected chi connectivity index (χ3v) is 4.21. The number of esters is 1. The van der Waals surface area contributed by atoms with Gasteiger partial charge >= 0.3 is 5.97 Å². The van der Waals surface area contributed by atoms with E-state index < -0.39 is 43.1 Å². The fourth-order valence-corrected chi connectivity index (χ4v) is 2.55. The molecule has 1 aliphatic heterocycles. The number of hydrogen-bond acceptors (Lipinski definition) is 7. The molecule has 0 aromatic carbocycles. The minimum Gasteiger partial charge on any atom is -0.463 e. The summed E-state index contributed by atoms with van der Waals surface area (Å²) >= 11 is 0. The molecule has 25 heavy (non-hydrogen) atoms. The Morgan fingerprint density at radius 2 is 1.68 bits per heavy atom. The molecule has 1 saturated heterocycles. The van der Waals surface area contributed by atoms with E-state index >= 15 is 0 Å². The van der Waals surface area contributed by atoms with E-state index in [0.29, 0.717) is 13.0 Å². The second kappa shape index (κ2) is 12.6. The molecule has 0 aromatic heterocycles. The number of hydrogen-bond donors (Lipinski definition) is 3. The van der Waals surface area contributed by atoms with Crippen molar-refractivity contribution in [1.82, 2.24) is 0 Å². The number of aliphatic hydroxyl groups is 3. The van der Waals surface area contributed by atoms with Crippen LogP contribution in [0, 0.1) is 0 Å². The molecule has 7 heteroatoms. The molecule has 7 nitrogen and oxygen atoms in total. The lowest BCUT2D eigenvalue weighted by atomic mass is 9.99. The van der Waals surface area contributed by atoms with Crippen molar-refractivity contribution in [3.05, 3.63) is 0 Å². The summed E-state index contributed by atoms with van der Waals surface area (Å²) in [7, 11) is 0. The Labute approximate surface area is 151 Å². The van der Waals surface area contributed by atoms with E-state index in [9.17, 15) is 20.1 Å². The summed E-state index contributed by atoms with van der Waals surface area (Å²) in [5.74, 6) is -0.679. The first kappa shape index (κ1) is 20.6. The number of unbranched alkanes of at least 4 members (excludes halogenated alkanes) is 4. The van der Waals surface area contributed by atoms with Crippen LogP contribution in [0.3, 0.4) is 0 Å². The summed E-state index contributed by atoms with van der Waals surface area (Å²) in [6.07, 6.45) is -1.31. The fourth-order valence-electron chi connectivity index (χ4n) is 2.55. The molecule has 0 bridgehead atoms. The van der Waals surface area contributed by atoms with E-state index in [-0.39, 0.29) is 6.61 Å². The van der Waals surface area contributed by atoms with Gasteiger partial charge in [0, 0.05) is 14.4 Å². The monoisotopic (exact) mass is 363 g/mol. The molecule has 1 aliphatic rings. The third-order valence-electron chi connectivity index (χ3n) is 4.21. The Bertz CT molecular complexity index is 396. The van der Waals surface area contributed by atoms with Crippen molar-refractivity contribution in [3.8, 4) is 0 Å². The molecule has 1 fully saturated rings. The quantitative estimate of drug-likeness (QED) is 0.356. The summed E-state index contributed by atoms with van der Waals surface area (Å²) in [6.45, 7) is 4.12. The maximum Gasteiger partial charge on any atom is 0.305 e. The van der Waals surface area contributed by atoms with Crippen molar-refractivity contribution < 1.29 is 35.7 Å². The predicted octanol–water partition coefficient (Wildman–Crippen LogP) is 1.51. The lowest BCUT2D eigenvalue weighted by Crippen LogP contribution is -2.59. The van der Waals surface area contributed by atoms with E-state index in [2.05, 4.69) is 6.92 Å². The molecule has 3 N–H and O–H groups in total. The molecule has 0 spiro atoms. The maximum absolute atomic E-state index is 11.9. The number of ether oxygens (including phenoxy) is 3. The first-order valence-corrected chi connectivity index (χ1v) is 9.32. The van der Waals surface area contributed by atoms with Gasteiger partial charge in [-0.3, -0.25) is 4.79 Å². The van der Waals surface area contributed by atoms with Crippen LogP contribution in [0.4, 0.5) is 0 Å². The summed E-state index contributed by atoms with van der Waals surface area (Å²) in [6, 6.07) is 0. The van der Waals surface area contributed by atoms with Crippen molar-refractivity contribution in [2.75, 3.05) is 13.2 Å². The second-order valence-corrected chi connectivity index (χ2v) is 6.42. The molecular weight excluding hydrogens is 328 g/mol. The van der Waals surface area contributed by atoms with Crippen molar-refractivity contribution in [2.45, 2.75) is 95.9 Å². The highest BCUT2D eigenvalue weighted by Crippen LogP contribution is 2.23. The van der Waals surface area contributed by atoms with Gasteiger partial charge in [0.05, 0.1) is 0 Å². The van der Waals surface area contributed by atoms with Gasteiger partial charge in [0.1, 0.15) is 31.0 Å². The van der Waals surface area contributed by atoms with Gasteiger partial charge in [-0.2, -0.15) is 0 Å². The zero-order valence-electron chi connectivity index (χ0n) is 16.3. The molecule has 0 amide bonds. The Morgan fingerprint density at radius 3 is 2.36 bits per heavy atom. The molecule has 0 aliphatic carbocycles. The first-order valence-electron chi connectivity index (χ1n) is 9.90. The Balaban J connectivity index is 2.44. The van der Waals surface area contributed by atoms with Gasteiger partial charge in [-0.15, -0.1) is 0 Å². The molecule has 0 radical (unpaired) electrons. The van der Waals surface area contributed by atoms with Crippen LogP contribution in [-0.2, 0) is 19.0 Å². The Kier molecular flexibility index (Phi) is 10.4. The van der Waals surface area contributed by atoms with E-state index in [1.54, 1.807) is 0 Å². The summed E-state index contributed by atoms with van der Waals surface area (Å²) in [5, 5.41) is 29.9. The van der Waals surface area contributed by atoms with Gasteiger partial charge in [-0.25, -0.2) is 0 Å². The van der Waals surface area contributed by atoms with Crippen molar-refractivity contribution in [1.29, 1.82) is 0 Å². The highest BCUT2D eigenvalue weighted by Gasteiger charge is 2.44. The predicted molar refractivity (Wildman–Crippen MR) is 91.9 cm³/mol. The Morgan fingerprint density at radius 1 is 1.00 bits per heavy atom. The normalized spacial score (nSPS) is 31.4. The molecular formula is C18H34O7. The molecule has 0 aromatic rings. The molecule has 6 atom stereocenters. The number of carbonyl (C=O) groups is 1. The Hall–Kier alpha value is -0.730. The van der Waals surface area contributed by atoms with Crippen molar-refractivity contribution >= 4 is 5.97 Å². The van der Waals surface area contributed by atoms with E-state index in [1.807, 2.05) is 6.92 Å². The van der Waals surface area contributed by atoms with E-state index in [4.69, 9.17) is 15.6 Å². The molecule has 148 valence electrons. The lowest BCUT2D eigenvalue weighted by molar-refractivity contribution is -0.301. The van der Waals surface area contributed by atoms with Gasteiger partial charge in [0.15, 0.2) is 6.29 Å². The topological polar surface area (TPSA) is 105 Å². The highest BCUT2D eigenvalue weighted by molar-refractivity contribution is 5.69. The van der Waals surface area contributed by atoms with Crippen LogP contribution in [0.25, 0.3) is 0 Å². The zero-order chi connectivity index (χ0) is 19.5. The minimum atomic E-state index is -1.46. The first-order chi connectivity index (χ1) is 12.4. The zero-order valence-corrected chi connectivity index (χ0v) is 15.3. The van der Waals surface area contributed by atoms with Crippen LogP contribution in [0.1, 0.15) is 66.6 Å². The van der Waals surface area contributed by atoms with Gasteiger partial charge < -0.3 is 29.5 Å². The molecule has 0 saturated carbocycles. The lowest BCUT2D eigenvalue weighted by Gasteiger charge is -2.39. The van der Waals surface area contributed by atoms with Crippen LogP contribution in [-0.4, -0.2) is 65.2 Å². The standard InChI is InChI=1S/C18H34O7/c1-3-5-7-8-9-10-14(19)24-12-13-15(20)16(21)17(22)18(25-13)23-11-6-4-2/h13,15-18,20-22H,3-12H2,1-2H3/t13-,15-,16+,17-,18?/m1/s1/i10D/t10?,13-,15-,16+,17-,18?. The smallest absolute Gasteiger partial charge is 0.305 e. The highest BCUT2D eigenvalue weighted by atomic mass is 16.7. The molecule has 1 rings (SSSR count). The minimum absolute atomic E-state index is 0.304. The van der Waals surface area contributed by atoms with Gasteiger partial charge in [0.2, 0.25) is 0 Å². The van der Waals surface area contributed by atoms with Crippen molar-refractivity contribution in [3.63, 3.8) is 0 Å². The van der Waals surface area contributed by atoms with E-state index in [1.165, 1.54) is 0 Å². The maximum atomic E-state index is 11.9. The molecule has 2 unspecified atom stereocenters. The number of rotatable bonds is 12. The van der Waals surface area contributed by atoms with Crippen LogP contribution < -0.4 is 0 Å². The summed E-state index contributed by atoms with van der Waals surface area (Å²) < 4.78 is 23.7. The summed E-state index contributed by atoms with van der Waals surface area (Å²) in [5.41, 5.74) is 0. The van der Waals surface area contributed by atoms with Crippen LogP contribution in [0.2, 0.25) is 0 Å². The molecule has 1 heterocycles. The van der Waals surface area contributed by atoms with Gasteiger partial charge in [-0.05, 0) is 12.8 Å². The second-order valence-electron chi connectivity index (χ2n) is 6.42. The number of carbonyl (C=O) groups excluding carboxylic acids is 1. The third kappa shape index (κ3) is 8.00. The van der Waals surface area contributed by atoms with Crippen LogP contribution in [0.15, 0.2) is 0 Å². The average molecular weight is 363 g/mol. The largest absolute Gasteiger partial charge is 0.463 e. The van der Waals surface area contributed by atoms with Crippen LogP contribution in [0.5, 0.6) is 0 Å². The van der Waals surface area contributed by atoms with Gasteiger partial charge in [-0.1, -0.05) is 46.0 Å². The van der Waals surface area contributed by atoms with Gasteiger partial charge in [0.25, 0.3) is 0 Å². The average Bonchev–Trinajstić information content (AvgIpc) is 2.64. The summed E-state index contributed by atoms with van der Waals surface area (Å²) in [4.78, 5) is 11.9.